The van der Waals surface area contributed by atoms with Gasteiger partial charge in [-0.05, 0) is 31.2 Å². The van der Waals surface area contributed by atoms with Crippen molar-refractivity contribution in [3.8, 4) is 0 Å². The molecule has 1 aromatic heterocycles. The van der Waals surface area contributed by atoms with Crippen LogP contribution in [0.5, 0.6) is 0 Å². The van der Waals surface area contributed by atoms with Crippen LogP contribution in [0.25, 0.3) is 0 Å². The molecule has 0 unspecified atom stereocenters. The van der Waals surface area contributed by atoms with Crippen LogP contribution >= 0.6 is 0 Å². The Balaban J connectivity index is 1.33. The molecule has 5 nitrogen and oxygen atoms in total. The zero-order chi connectivity index (χ0) is 16.9. The third-order valence-electron chi connectivity index (χ3n) is 5.37. The van der Waals surface area contributed by atoms with E-state index < -0.39 is 0 Å². The van der Waals surface area contributed by atoms with Gasteiger partial charge >= 0.3 is 0 Å². The van der Waals surface area contributed by atoms with Crippen molar-refractivity contribution in [2.24, 2.45) is 0 Å². The van der Waals surface area contributed by atoms with Crippen LogP contribution in [-0.4, -0.2) is 45.5 Å². The Kier molecular flexibility index (Phi) is 5.43. The van der Waals surface area contributed by atoms with E-state index in [1.54, 1.807) is 0 Å². The number of benzene rings is 1. The molecule has 134 valence electrons. The van der Waals surface area contributed by atoms with E-state index in [0.29, 0.717) is 6.10 Å². The summed E-state index contributed by atoms with van der Waals surface area (Å²) in [6, 6.07) is 10.7. The number of hydrogen-bond donors (Lipinski definition) is 0. The van der Waals surface area contributed by atoms with E-state index in [1.165, 1.54) is 30.7 Å². The van der Waals surface area contributed by atoms with Crippen LogP contribution < -0.4 is 0 Å². The van der Waals surface area contributed by atoms with E-state index >= 15 is 0 Å². The highest BCUT2D eigenvalue weighted by atomic mass is 16.5. The summed E-state index contributed by atoms with van der Waals surface area (Å²) in [4.78, 5) is 2.49. The fraction of sp³-hybridized carbons (Fsp3) is 0.600. The Labute approximate surface area is 150 Å². The standard InChI is InChI=1S/C20H28N4O/c1-3-7-17(8-4-1)10-11-18-15-23(13-14-25-18)16-20-22-21-19-9-5-2-6-12-24(19)20/h1,3-4,7-8,18H,2,5-6,9-16H2/t18-/m0/s1. The number of fused-ring (bicyclic) bond motifs is 1. The van der Waals surface area contributed by atoms with Gasteiger partial charge in [-0.3, -0.25) is 4.90 Å². The van der Waals surface area contributed by atoms with Crippen LogP contribution in [0.2, 0.25) is 0 Å². The molecule has 1 fully saturated rings. The van der Waals surface area contributed by atoms with Crippen LogP contribution in [-0.2, 0) is 30.7 Å². The van der Waals surface area contributed by atoms with E-state index in [9.17, 15) is 0 Å². The third-order valence-corrected chi connectivity index (χ3v) is 5.37. The van der Waals surface area contributed by atoms with Crippen molar-refractivity contribution in [1.29, 1.82) is 0 Å². The summed E-state index contributed by atoms with van der Waals surface area (Å²) in [6.45, 7) is 4.79. The topological polar surface area (TPSA) is 43.2 Å². The molecule has 2 aromatic rings. The second kappa shape index (κ2) is 8.11. The molecule has 1 saturated heterocycles. The van der Waals surface area contributed by atoms with Gasteiger partial charge in [-0.25, -0.2) is 0 Å². The van der Waals surface area contributed by atoms with Crippen molar-refractivity contribution in [2.75, 3.05) is 19.7 Å². The lowest BCUT2D eigenvalue weighted by Crippen LogP contribution is -2.42. The maximum Gasteiger partial charge on any atom is 0.147 e. The second-order valence-corrected chi connectivity index (χ2v) is 7.25. The van der Waals surface area contributed by atoms with Crippen LogP contribution in [0.15, 0.2) is 30.3 Å². The minimum absolute atomic E-state index is 0.320. The fourth-order valence-corrected chi connectivity index (χ4v) is 3.93. The summed E-state index contributed by atoms with van der Waals surface area (Å²) in [7, 11) is 0. The Morgan fingerprint density at radius 2 is 1.96 bits per heavy atom. The molecule has 4 rings (SSSR count). The lowest BCUT2D eigenvalue weighted by atomic mass is 10.1. The van der Waals surface area contributed by atoms with Gasteiger partial charge in [0.25, 0.3) is 0 Å². The Morgan fingerprint density at radius 1 is 1.04 bits per heavy atom. The van der Waals surface area contributed by atoms with Crippen molar-refractivity contribution in [3.63, 3.8) is 0 Å². The monoisotopic (exact) mass is 340 g/mol. The van der Waals surface area contributed by atoms with Crippen LogP contribution in [0.4, 0.5) is 0 Å². The molecule has 0 radical (unpaired) electrons. The highest BCUT2D eigenvalue weighted by Crippen LogP contribution is 2.18. The molecule has 0 N–H and O–H groups in total. The SMILES string of the molecule is c1ccc(CC[C@H]2CN(Cc3nnc4n3CCCCC4)CCO2)cc1. The molecule has 0 bridgehead atoms. The fourth-order valence-electron chi connectivity index (χ4n) is 3.93. The number of morpholine rings is 1. The van der Waals surface area contributed by atoms with Crippen molar-refractivity contribution in [2.45, 2.75) is 57.7 Å². The lowest BCUT2D eigenvalue weighted by Gasteiger charge is -2.32. The zero-order valence-corrected chi connectivity index (χ0v) is 14.9. The number of hydrogen-bond acceptors (Lipinski definition) is 4. The van der Waals surface area contributed by atoms with Gasteiger partial charge in [0.15, 0.2) is 0 Å². The minimum Gasteiger partial charge on any atom is -0.376 e. The van der Waals surface area contributed by atoms with Crippen molar-refractivity contribution >= 4 is 0 Å². The molecule has 3 heterocycles. The van der Waals surface area contributed by atoms with E-state index in [2.05, 4.69) is 50.0 Å². The predicted octanol–water partition coefficient (Wildman–Crippen LogP) is 2.84. The third kappa shape index (κ3) is 4.28. The number of rotatable bonds is 5. The first-order valence-electron chi connectivity index (χ1n) is 9.67. The number of nitrogens with zero attached hydrogens (tertiary/aromatic N) is 4. The zero-order valence-electron chi connectivity index (χ0n) is 14.9. The largest absolute Gasteiger partial charge is 0.376 e. The van der Waals surface area contributed by atoms with E-state index in [4.69, 9.17) is 4.74 Å². The molecule has 2 aliphatic rings. The molecule has 0 aliphatic carbocycles. The summed E-state index contributed by atoms with van der Waals surface area (Å²) in [6.07, 6.45) is 7.37. The first kappa shape index (κ1) is 16.7. The summed E-state index contributed by atoms with van der Waals surface area (Å²) in [5.41, 5.74) is 1.39. The first-order valence-corrected chi connectivity index (χ1v) is 9.67. The van der Waals surface area contributed by atoms with E-state index in [0.717, 1.165) is 57.9 Å². The van der Waals surface area contributed by atoms with Gasteiger partial charge in [-0.2, -0.15) is 0 Å². The number of aryl methyl sites for hydroxylation is 2. The summed E-state index contributed by atoms with van der Waals surface area (Å²) < 4.78 is 8.36. The maximum absolute atomic E-state index is 6.00. The molecule has 25 heavy (non-hydrogen) atoms. The predicted molar refractivity (Wildman–Crippen MR) is 97.4 cm³/mol. The van der Waals surface area contributed by atoms with Crippen molar-refractivity contribution < 1.29 is 4.74 Å². The average molecular weight is 340 g/mol. The van der Waals surface area contributed by atoms with Gasteiger partial charge < -0.3 is 9.30 Å². The van der Waals surface area contributed by atoms with Gasteiger partial charge in [0.1, 0.15) is 11.6 Å². The van der Waals surface area contributed by atoms with Crippen molar-refractivity contribution in [3.05, 3.63) is 47.5 Å². The second-order valence-electron chi connectivity index (χ2n) is 7.25. The molecule has 0 spiro atoms. The Bertz CT molecular complexity index is 670. The minimum atomic E-state index is 0.320. The summed E-state index contributed by atoms with van der Waals surface area (Å²) in [5, 5.41) is 8.91. The highest BCUT2D eigenvalue weighted by Gasteiger charge is 2.23. The highest BCUT2D eigenvalue weighted by molar-refractivity contribution is 5.14. The molecule has 0 saturated carbocycles. The summed E-state index contributed by atoms with van der Waals surface area (Å²) >= 11 is 0. The van der Waals surface area contributed by atoms with Crippen LogP contribution in [0.1, 0.15) is 42.9 Å². The van der Waals surface area contributed by atoms with Gasteiger partial charge in [-0.15, -0.1) is 10.2 Å². The Morgan fingerprint density at radius 3 is 2.88 bits per heavy atom. The van der Waals surface area contributed by atoms with E-state index in [1.807, 2.05) is 0 Å². The van der Waals surface area contributed by atoms with Crippen LogP contribution in [0, 0.1) is 0 Å². The number of ether oxygens (including phenoxy) is 1. The van der Waals surface area contributed by atoms with Gasteiger partial charge in [0.2, 0.25) is 0 Å². The maximum atomic E-state index is 6.00. The molecule has 2 aliphatic heterocycles. The summed E-state index contributed by atoms with van der Waals surface area (Å²) in [5.74, 6) is 2.32. The number of aromatic nitrogens is 3. The molecule has 1 aromatic carbocycles. The van der Waals surface area contributed by atoms with Crippen LogP contribution in [0.3, 0.4) is 0 Å². The average Bonchev–Trinajstić information content (AvgIpc) is 2.88. The molecule has 1 atom stereocenters. The lowest BCUT2D eigenvalue weighted by molar-refractivity contribution is -0.0356. The Hall–Kier alpha value is -1.72. The normalized spacial score (nSPS) is 21.7. The van der Waals surface area contributed by atoms with Gasteiger partial charge in [-0.1, -0.05) is 36.8 Å². The molecule has 5 heteroatoms. The quantitative estimate of drug-likeness (QED) is 0.839. The van der Waals surface area contributed by atoms with Crippen molar-refractivity contribution in [1.82, 2.24) is 19.7 Å². The first-order chi connectivity index (χ1) is 12.4. The smallest absolute Gasteiger partial charge is 0.147 e. The molecular formula is C20H28N4O. The van der Waals surface area contributed by atoms with E-state index in [-0.39, 0.29) is 0 Å². The van der Waals surface area contributed by atoms with Gasteiger partial charge in [0, 0.05) is 26.1 Å². The molecular weight excluding hydrogens is 312 g/mol. The van der Waals surface area contributed by atoms with Gasteiger partial charge in [0.05, 0.1) is 19.3 Å². The molecule has 0 amide bonds.